The fourth-order valence-electron chi connectivity index (χ4n) is 3.49. The van der Waals surface area contributed by atoms with E-state index >= 15 is 0 Å². The molecule has 1 aromatic heterocycles. The molecule has 2 aromatic rings. The molecular weight excluding hydrogens is 323 g/mol. The summed E-state index contributed by atoms with van der Waals surface area (Å²) in [7, 11) is 0. The minimum absolute atomic E-state index is 0.00289. The second kappa shape index (κ2) is 6.72. The smallest absolute Gasteiger partial charge is 0.249 e. The molecule has 1 amide bonds. The zero-order valence-electron chi connectivity index (χ0n) is 14.0. The number of carbonyl (C=O) groups excluding carboxylic acids is 1. The van der Waals surface area contributed by atoms with Crippen LogP contribution < -0.4 is 5.32 Å². The highest BCUT2D eigenvalue weighted by molar-refractivity contribution is 5.81. The number of benzene rings is 1. The van der Waals surface area contributed by atoms with Crippen molar-refractivity contribution in [3.63, 3.8) is 0 Å². The van der Waals surface area contributed by atoms with Crippen LogP contribution in [0.5, 0.6) is 0 Å². The number of nitrogens with zero attached hydrogens (tertiary/aromatic N) is 2. The van der Waals surface area contributed by atoms with Gasteiger partial charge in [0, 0.05) is 6.04 Å². The van der Waals surface area contributed by atoms with Gasteiger partial charge in [0.2, 0.25) is 5.91 Å². The highest BCUT2D eigenvalue weighted by atomic mass is 19.1. The maximum Gasteiger partial charge on any atom is 0.249 e. The van der Waals surface area contributed by atoms with Gasteiger partial charge >= 0.3 is 0 Å². The summed E-state index contributed by atoms with van der Waals surface area (Å²) in [5, 5.41) is 13.1. The van der Waals surface area contributed by atoms with E-state index in [0.29, 0.717) is 17.6 Å². The molecule has 4 rings (SSSR count). The van der Waals surface area contributed by atoms with Crippen LogP contribution in [0.1, 0.15) is 31.5 Å². The fourth-order valence-corrected chi connectivity index (χ4v) is 3.49. The number of halogens is 1. The van der Waals surface area contributed by atoms with E-state index in [-0.39, 0.29) is 23.7 Å². The van der Waals surface area contributed by atoms with Crippen molar-refractivity contribution in [3.8, 4) is 0 Å². The Kier molecular flexibility index (Phi) is 4.43. The van der Waals surface area contributed by atoms with E-state index < -0.39 is 6.10 Å². The van der Waals surface area contributed by atoms with Crippen molar-refractivity contribution in [1.82, 2.24) is 20.2 Å². The Labute approximate surface area is 145 Å². The first-order valence-electron chi connectivity index (χ1n) is 8.94. The van der Waals surface area contributed by atoms with Crippen molar-refractivity contribution in [2.75, 3.05) is 13.1 Å². The number of rotatable bonds is 5. The Morgan fingerprint density at radius 2 is 2.12 bits per heavy atom. The molecule has 3 N–H and O–H groups in total. The molecule has 1 saturated carbocycles. The summed E-state index contributed by atoms with van der Waals surface area (Å²) in [5.74, 6) is 0.200. The third kappa shape index (κ3) is 3.67. The Bertz CT molecular complexity index is 766. The zero-order valence-corrected chi connectivity index (χ0v) is 14.0. The predicted octanol–water partition coefficient (Wildman–Crippen LogP) is 1.55. The minimum Gasteiger partial charge on any atom is -0.383 e. The normalized spacial score (nSPS) is 20.7. The maximum atomic E-state index is 13.7. The number of piperidine rings is 1. The van der Waals surface area contributed by atoms with Crippen molar-refractivity contribution < 1.29 is 14.3 Å². The van der Waals surface area contributed by atoms with E-state index in [4.69, 9.17) is 0 Å². The lowest BCUT2D eigenvalue weighted by Crippen LogP contribution is -2.45. The Morgan fingerprint density at radius 1 is 1.36 bits per heavy atom. The van der Waals surface area contributed by atoms with E-state index in [0.717, 1.165) is 44.6 Å². The van der Waals surface area contributed by atoms with Crippen LogP contribution in [-0.4, -0.2) is 51.1 Å². The van der Waals surface area contributed by atoms with Crippen LogP contribution in [-0.2, 0) is 11.3 Å². The van der Waals surface area contributed by atoms with E-state index in [1.165, 1.54) is 6.07 Å². The van der Waals surface area contributed by atoms with Gasteiger partial charge in [-0.2, -0.15) is 0 Å². The first-order chi connectivity index (χ1) is 12.1. The largest absolute Gasteiger partial charge is 0.383 e. The van der Waals surface area contributed by atoms with Crippen LogP contribution in [0.25, 0.3) is 11.0 Å². The van der Waals surface area contributed by atoms with Gasteiger partial charge in [-0.15, -0.1) is 0 Å². The average Bonchev–Trinajstić information content (AvgIpc) is 3.32. The van der Waals surface area contributed by atoms with Crippen LogP contribution in [0, 0.1) is 11.7 Å². The van der Waals surface area contributed by atoms with Crippen LogP contribution >= 0.6 is 0 Å². The number of aliphatic hydroxyl groups excluding tert-OH is 1. The van der Waals surface area contributed by atoms with Crippen LogP contribution in [0.2, 0.25) is 0 Å². The highest BCUT2D eigenvalue weighted by Crippen LogP contribution is 2.24. The third-order valence-corrected chi connectivity index (χ3v) is 5.16. The highest BCUT2D eigenvalue weighted by Gasteiger charge is 2.33. The quantitative estimate of drug-likeness (QED) is 0.767. The number of imidazole rings is 1. The number of aromatic amines is 1. The number of fused-ring (bicyclic) bond motifs is 1. The summed E-state index contributed by atoms with van der Waals surface area (Å²) in [6.07, 6.45) is 2.68. The Morgan fingerprint density at radius 3 is 2.80 bits per heavy atom. The van der Waals surface area contributed by atoms with E-state index in [9.17, 15) is 14.3 Å². The van der Waals surface area contributed by atoms with Crippen LogP contribution in [0.3, 0.4) is 0 Å². The van der Waals surface area contributed by atoms with Gasteiger partial charge in [-0.1, -0.05) is 6.07 Å². The molecule has 134 valence electrons. The lowest BCUT2D eigenvalue weighted by Gasteiger charge is -2.33. The second-order valence-corrected chi connectivity index (χ2v) is 7.16. The van der Waals surface area contributed by atoms with Gasteiger partial charge in [0.15, 0.2) is 5.82 Å². The summed E-state index contributed by atoms with van der Waals surface area (Å²) in [4.78, 5) is 21.7. The summed E-state index contributed by atoms with van der Waals surface area (Å²) < 4.78 is 13.7. The number of nitrogens with one attached hydrogen (secondary N) is 2. The molecule has 0 radical (unpaired) electrons. The van der Waals surface area contributed by atoms with Gasteiger partial charge in [-0.05, 0) is 56.8 Å². The molecule has 0 spiro atoms. The predicted molar refractivity (Wildman–Crippen MR) is 91.2 cm³/mol. The molecule has 2 fully saturated rings. The summed E-state index contributed by atoms with van der Waals surface area (Å²) in [6.45, 7) is 2.20. The van der Waals surface area contributed by atoms with Gasteiger partial charge in [0.05, 0.1) is 12.1 Å². The number of hydrogen-bond acceptors (Lipinski definition) is 4. The fraction of sp³-hybridized carbons (Fsp3) is 0.556. The van der Waals surface area contributed by atoms with E-state index in [1.54, 1.807) is 6.07 Å². The molecule has 1 aromatic carbocycles. The van der Waals surface area contributed by atoms with Crippen molar-refractivity contribution in [2.24, 2.45) is 5.92 Å². The van der Waals surface area contributed by atoms with Crippen molar-refractivity contribution in [2.45, 2.75) is 44.4 Å². The number of aliphatic hydroxyl groups is 1. The topological polar surface area (TPSA) is 81.2 Å². The number of likely N-dealkylation sites (tertiary alicyclic amines) is 1. The molecule has 1 saturated heterocycles. The van der Waals surface area contributed by atoms with Gasteiger partial charge in [0.25, 0.3) is 0 Å². The Hall–Kier alpha value is -1.99. The van der Waals surface area contributed by atoms with Gasteiger partial charge in [-0.25, -0.2) is 9.37 Å². The lowest BCUT2D eigenvalue weighted by molar-refractivity contribution is -0.133. The number of hydrogen-bond donors (Lipinski definition) is 3. The number of carbonyl (C=O) groups is 1. The number of amides is 1. The molecule has 0 unspecified atom stereocenters. The summed E-state index contributed by atoms with van der Waals surface area (Å²) >= 11 is 0. The first kappa shape index (κ1) is 16.5. The van der Waals surface area contributed by atoms with Gasteiger partial charge in [0.1, 0.15) is 17.4 Å². The SMILES string of the molecule is O=C(NC1CC1)[C@H](O)C1CCN(Cc2nc3c(F)cccc3[nH]2)CC1. The molecule has 1 aliphatic heterocycles. The molecule has 7 heteroatoms. The van der Waals surface area contributed by atoms with Crippen LogP contribution in [0.4, 0.5) is 4.39 Å². The second-order valence-electron chi connectivity index (χ2n) is 7.16. The van der Waals surface area contributed by atoms with Crippen molar-refractivity contribution in [3.05, 3.63) is 29.8 Å². The molecule has 6 nitrogen and oxygen atoms in total. The first-order valence-corrected chi connectivity index (χ1v) is 8.94. The molecule has 0 bridgehead atoms. The van der Waals surface area contributed by atoms with Crippen LogP contribution in [0.15, 0.2) is 18.2 Å². The molecule has 1 aliphatic carbocycles. The summed E-state index contributed by atoms with van der Waals surface area (Å²) in [5.41, 5.74) is 1.08. The Balaban J connectivity index is 1.32. The summed E-state index contributed by atoms with van der Waals surface area (Å²) in [6, 6.07) is 5.16. The number of aromatic nitrogens is 2. The molecular formula is C18H23FN4O2. The zero-order chi connectivity index (χ0) is 17.4. The van der Waals surface area contributed by atoms with E-state index in [1.807, 2.05) is 6.07 Å². The van der Waals surface area contributed by atoms with Crippen molar-refractivity contribution in [1.29, 1.82) is 0 Å². The lowest BCUT2D eigenvalue weighted by atomic mass is 9.90. The minimum atomic E-state index is -0.914. The van der Waals surface area contributed by atoms with Gasteiger partial charge in [-0.3, -0.25) is 9.69 Å². The van der Waals surface area contributed by atoms with Gasteiger partial charge < -0.3 is 15.4 Å². The molecule has 2 aliphatic rings. The molecule has 25 heavy (non-hydrogen) atoms. The monoisotopic (exact) mass is 346 g/mol. The average molecular weight is 346 g/mol. The van der Waals surface area contributed by atoms with E-state index in [2.05, 4.69) is 20.2 Å². The number of para-hydroxylation sites is 1. The third-order valence-electron chi connectivity index (χ3n) is 5.16. The maximum absolute atomic E-state index is 13.7. The van der Waals surface area contributed by atoms with Crippen molar-refractivity contribution >= 4 is 16.9 Å². The number of H-pyrrole nitrogens is 1. The molecule has 1 atom stereocenters. The molecule has 2 heterocycles. The standard InChI is InChI=1S/C18H23FN4O2/c19-13-2-1-3-14-16(13)22-15(21-14)10-23-8-6-11(7-9-23)17(24)18(25)20-12-4-5-12/h1-3,11-12,17,24H,4-10H2,(H,20,25)(H,21,22)/t17-/m1/s1.